The summed E-state index contributed by atoms with van der Waals surface area (Å²) < 4.78 is 2.06. The topological polar surface area (TPSA) is 80.4 Å². The van der Waals surface area contributed by atoms with Gasteiger partial charge in [-0.05, 0) is 62.2 Å². The lowest BCUT2D eigenvalue weighted by Gasteiger charge is -2.31. The lowest BCUT2D eigenvalue weighted by Crippen LogP contribution is -2.42. The average molecular weight is 433 g/mol. The number of hydrogen-bond donors (Lipinski definition) is 2. The van der Waals surface area contributed by atoms with Crippen LogP contribution in [-0.2, 0) is 17.0 Å². The van der Waals surface area contributed by atoms with Crippen LogP contribution in [0.15, 0.2) is 24.5 Å². The van der Waals surface area contributed by atoms with Gasteiger partial charge in [0.2, 0.25) is 5.91 Å². The third kappa shape index (κ3) is 4.70. The number of nitrogens with zero attached hydrogens (tertiary/aromatic N) is 2. The predicted octanol–water partition coefficient (Wildman–Crippen LogP) is 2.65. The SMILES string of the molecule is NC(=O)C1CCCN(CCCNC(=O)c2c(-n3cccc3)sc3c2CCSC3)C1. The number of thiophene rings is 1. The molecule has 3 N–H and O–H groups in total. The van der Waals surface area contributed by atoms with Gasteiger partial charge in [-0.3, -0.25) is 9.59 Å². The molecule has 2 aromatic rings. The number of carbonyl (C=O) groups excluding carboxylic acids is 2. The number of amides is 2. The van der Waals surface area contributed by atoms with Crippen LogP contribution in [0.25, 0.3) is 5.00 Å². The van der Waals surface area contributed by atoms with E-state index in [-0.39, 0.29) is 17.7 Å². The normalized spacial score (nSPS) is 19.7. The number of piperidine rings is 1. The second-order valence-electron chi connectivity index (χ2n) is 7.73. The minimum Gasteiger partial charge on any atom is -0.369 e. The van der Waals surface area contributed by atoms with Crippen molar-refractivity contribution < 1.29 is 9.59 Å². The minimum absolute atomic E-state index is 0.0299. The van der Waals surface area contributed by atoms with Crippen LogP contribution in [0.1, 0.15) is 40.1 Å². The summed E-state index contributed by atoms with van der Waals surface area (Å²) in [4.78, 5) is 28.1. The first-order chi connectivity index (χ1) is 14.1. The first kappa shape index (κ1) is 20.5. The summed E-state index contributed by atoms with van der Waals surface area (Å²) in [6, 6.07) is 3.99. The second-order valence-corrected chi connectivity index (χ2v) is 9.92. The van der Waals surface area contributed by atoms with Crippen LogP contribution in [0.4, 0.5) is 0 Å². The fourth-order valence-electron chi connectivity index (χ4n) is 4.19. The third-order valence-electron chi connectivity index (χ3n) is 5.71. The molecule has 2 aromatic heterocycles. The van der Waals surface area contributed by atoms with Crippen LogP contribution in [-0.4, -0.2) is 53.2 Å². The molecule has 1 saturated heterocycles. The van der Waals surface area contributed by atoms with Crippen LogP contribution >= 0.6 is 23.1 Å². The lowest BCUT2D eigenvalue weighted by atomic mass is 9.97. The quantitative estimate of drug-likeness (QED) is 0.659. The Kier molecular flexibility index (Phi) is 6.62. The molecule has 4 rings (SSSR count). The molecular formula is C21H28N4O2S2. The molecule has 0 bridgehead atoms. The van der Waals surface area contributed by atoms with Gasteiger partial charge in [-0.2, -0.15) is 11.8 Å². The van der Waals surface area contributed by atoms with Gasteiger partial charge in [0.15, 0.2) is 0 Å². The van der Waals surface area contributed by atoms with Gasteiger partial charge in [-0.25, -0.2) is 0 Å². The molecule has 1 fully saturated rings. The van der Waals surface area contributed by atoms with E-state index in [0.29, 0.717) is 6.54 Å². The summed E-state index contributed by atoms with van der Waals surface area (Å²) in [5.74, 6) is 1.88. The number of nitrogens with two attached hydrogens (primary N) is 1. The summed E-state index contributed by atoms with van der Waals surface area (Å²) in [6.07, 6.45) is 7.76. The Labute approximate surface area is 179 Å². The second kappa shape index (κ2) is 9.36. The molecule has 156 valence electrons. The number of hydrogen-bond acceptors (Lipinski definition) is 5. The summed E-state index contributed by atoms with van der Waals surface area (Å²) in [5.41, 5.74) is 7.55. The molecule has 0 aromatic carbocycles. The minimum atomic E-state index is -0.194. The zero-order valence-corrected chi connectivity index (χ0v) is 18.2. The Balaban J connectivity index is 1.36. The average Bonchev–Trinajstić information content (AvgIpc) is 3.38. The fourth-order valence-corrected chi connectivity index (χ4v) is 6.63. The molecule has 2 aliphatic heterocycles. The molecule has 1 atom stereocenters. The fraction of sp³-hybridized carbons (Fsp3) is 0.524. The first-order valence-electron chi connectivity index (χ1n) is 10.3. The number of fused-ring (bicyclic) bond motifs is 1. The molecule has 0 radical (unpaired) electrons. The number of rotatable bonds is 7. The Hall–Kier alpha value is -1.77. The first-order valence-corrected chi connectivity index (χ1v) is 12.3. The van der Waals surface area contributed by atoms with Crippen molar-refractivity contribution in [1.82, 2.24) is 14.8 Å². The molecule has 4 heterocycles. The molecule has 8 heteroatoms. The van der Waals surface area contributed by atoms with E-state index < -0.39 is 0 Å². The summed E-state index contributed by atoms with van der Waals surface area (Å²) in [6.45, 7) is 3.27. The molecule has 0 aliphatic carbocycles. The van der Waals surface area contributed by atoms with Gasteiger partial charge in [-0.15, -0.1) is 11.3 Å². The van der Waals surface area contributed by atoms with Crippen LogP contribution in [0, 0.1) is 5.92 Å². The van der Waals surface area contributed by atoms with E-state index in [1.54, 1.807) is 11.3 Å². The Morgan fingerprint density at radius 2 is 2.10 bits per heavy atom. The van der Waals surface area contributed by atoms with Crippen LogP contribution in [0.2, 0.25) is 0 Å². The van der Waals surface area contributed by atoms with Crippen molar-refractivity contribution in [3.05, 3.63) is 40.5 Å². The van der Waals surface area contributed by atoms with E-state index in [1.165, 1.54) is 10.4 Å². The molecule has 2 amide bonds. The highest BCUT2D eigenvalue weighted by Gasteiger charge is 2.26. The summed E-state index contributed by atoms with van der Waals surface area (Å²) in [5, 5.41) is 4.17. The molecule has 1 unspecified atom stereocenters. The molecule has 6 nitrogen and oxygen atoms in total. The van der Waals surface area contributed by atoms with Gasteiger partial charge >= 0.3 is 0 Å². The Morgan fingerprint density at radius 1 is 1.28 bits per heavy atom. The highest BCUT2D eigenvalue weighted by Crippen LogP contribution is 2.38. The molecule has 2 aliphatic rings. The third-order valence-corrected chi connectivity index (χ3v) is 8.13. The Bertz CT molecular complexity index is 862. The number of nitrogens with one attached hydrogen (secondary N) is 1. The number of thioether (sulfide) groups is 1. The van der Waals surface area contributed by atoms with Gasteiger partial charge in [-0.1, -0.05) is 0 Å². The van der Waals surface area contributed by atoms with Gasteiger partial charge in [0.1, 0.15) is 5.00 Å². The van der Waals surface area contributed by atoms with Crippen LogP contribution in [0.5, 0.6) is 0 Å². The monoisotopic (exact) mass is 432 g/mol. The maximum atomic E-state index is 13.1. The van der Waals surface area contributed by atoms with Gasteiger partial charge in [0, 0.05) is 36.1 Å². The van der Waals surface area contributed by atoms with Gasteiger partial charge < -0.3 is 20.5 Å². The number of likely N-dealkylation sites (tertiary alicyclic amines) is 1. The van der Waals surface area contributed by atoms with E-state index in [1.807, 2.05) is 36.3 Å². The van der Waals surface area contributed by atoms with E-state index in [9.17, 15) is 9.59 Å². The van der Waals surface area contributed by atoms with Crippen LogP contribution < -0.4 is 11.1 Å². The van der Waals surface area contributed by atoms with E-state index >= 15 is 0 Å². The van der Waals surface area contributed by atoms with Crippen molar-refractivity contribution in [1.29, 1.82) is 0 Å². The molecule has 0 saturated carbocycles. The van der Waals surface area contributed by atoms with E-state index in [2.05, 4.69) is 14.8 Å². The molecular weight excluding hydrogens is 404 g/mol. The molecule has 0 spiro atoms. The van der Waals surface area contributed by atoms with Crippen molar-refractivity contribution in [2.75, 3.05) is 31.9 Å². The van der Waals surface area contributed by atoms with E-state index in [4.69, 9.17) is 5.73 Å². The predicted molar refractivity (Wildman–Crippen MR) is 119 cm³/mol. The Morgan fingerprint density at radius 3 is 2.90 bits per heavy atom. The van der Waals surface area contributed by atoms with Crippen molar-refractivity contribution >= 4 is 34.9 Å². The summed E-state index contributed by atoms with van der Waals surface area (Å²) in [7, 11) is 0. The number of aromatic nitrogens is 1. The summed E-state index contributed by atoms with van der Waals surface area (Å²) >= 11 is 3.68. The van der Waals surface area contributed by atoms with Crippen LogP contribution in [0.3, 0.4) is 0 Å². The largest absolute Gasteiger partial charge is 0.369 e. The smallest absolute Gasteiger partial charge is 0.254 e. The molecule has 29 heavy (non-hydrogen) atoms. The standard InChI is InChI=1S/C21H28N4O2S2/c22-19(26)15-5-3-8-24(13-15)9-4-7-23-20(27)18-16-6-12-28-14-17(16)29-21(18)25-10-1-2-11-25/h1-2,10-11,15H,3-9,12-14H2,(H2,22,26)(H,23,27). The van der Waals surface area contributed by atoms with Crippen molar-refractivity contribution in [3.8, 4) is 5.00 Å². The maximum Gasteiger partial charge on any atom is 0.254 e. The maximum absolute atomic E-state index is 13.1. The highest BCUT2D eigenvalue weighted by atomic mass is 32.2. The van der Waals surface area contributed by atoms with Gasteiger partial charge in [0.25, 0.3) is 5.91 Å². The number of carbonyl (C=O) groups is 2. The zero-order valence-electron chi connectivity index (χ0n) is 16.6. The van der Waals surface area contributed by atoms with Crippen molar-refractivity contribution in [2.45, 2.75) is 31.4 Å². The van der Waals surface area contributed by atoms with Crippen molar-refractivity contribution in [3.63, 3.8) is 0 Å². The highest BCUT2D eigenvalue weighted by molar-refractivity contribution is 7.98. The number of primary amides is 1. The zero-order chi connectivity index (χ0) is 20.2. The van der Waals surface area contributed by atoms with Crippen molar-refractivity contribution in [2.24, 2.45) is 11.7 Å². The lowest BCUT2D eigenvalue weighted by molar-refractivity contribution is -0.123. The van der Waals surface area contributed by atoms with E-state index in [0.717, 1.165) is 67.4 Å². The van der Waals surface area contributed by atoms with Gasteiger partial charge in [0.05, 0.1) is 11.5 Å².